The van der Waals surface area contributed by atoms with Crippen molar-refractivity contribution in [1.82, 2.24) is 4.90 Å². The van der Waals surface area contributed by atoms with Crippen LogP contribution in [0.2, 0.25) is 0 Å². The molecule has 1 N–H and O–H groups in total. The van der Waals surface area contributed by atoms with Crippen LogP contribution >= 0.6 is 0 Å². The molecule has 1 aromatic carbocycles. The van der Waals surface area contributed by atoms with E-state index in [4.69, 9.17) is 4.74 Å². The van der Waals surface area contributed by atoms with E-state index in [0.717, 1.165) is 11.3 Å². The zero-order chi connectivity index (χ0) is 15.2. The van der Waals surface area contributed by atoms with Crippen molar-refractivity contribution < 1.29 is 14.3 Å². The fourth-order valence-electron chi connectivity index (χ4n) is 3.07. The molecule has 21 heavy (non-hydrogen) atoms. The zero-order valence-electron chi connectivity index (χ0n) is 12.6. The summed E-state index contributed by atoms with van der Waals surface area (Å²) >= 11 is 0. The van der Waals surface area contributed by atoms with E-state index in [1.807, 2.05) is 45.0 Å². The van der Waals surface area contributed by atoms with E-state index in [1.54, 1.807) is 4.90 Å². The minimum atomic E-state index is -0.536. The molecule has 2 atom stereocenters. The minimum Gasteiger partial charge on any atom is -0.444 e. The van der Waals surface area contributed by atoms with Crippen LogP contribution in [0.4, 0.5) is 10.5 Å². The topological polar surface area (TPSA) is 58.6 Å². The molecule has 0 aromatic heterocycles. The third-order valence-corrected chi connectivity index (χ3v) is 3.90. The van der Waals surface area contributed by atoms with Gasteiger partial charge in [0.05, 0.1) is 12.0 Å². The molecule has 5 heteroatoms. The van der Waals surface area contributed by atoms with Crippen molar-refractivity contribution >= 4 is 17.7 Å². The van der Waals surface area contributed by atoms with E-state index in [0.29, 0.717) is 13.0 Å². The second-order valence-corrected chi connectivity index (χ2v) is 6.59. The number of amides is 2. The van der Waals surface area contributed by atoms with Crippen LogP contribution in [0, 0.1) is 5.92 Å². The highest BCUT2D eigenvalue weighted by Gasteiger charge is 2.46. The van der Waals surface area contributed by atoms with Gasteiger partial charge < -0.3 is 15.0 Å². The number of hydrogen-bond donors (Lipinski definition) is 1. The number of carbonyl (C=O) groups is 2. The van der Waals surface area contributed by atoms with Crippen LogP contribution in [0.3, 0.4) is 0 Å². The van der Waals surface area contributed by atoms with Gasteiger partial charge in [0.25, 0.3) is 0 Å². The molecular formula is C16H20N2O3. The molecule has 2 aliphatic heterocycles. The first kappa shape index (κ1) is 13.9. The van der Waals surface area contributed by atoms with Crippen LogP contribution < -0.4 is 5.32 Å². The van der Waals surface area contributed by atoms with Gasteiger partial charge in [-0.3, -0.25) is 4.79 Å². The van der Waals surface area contributed by atoms with E-state index in [2.05, 4.69) is 5.32 Å². The number of likely N-dealkylation sites (tertiary alicyclic amines) is 1. The second-order valence-electron chi connectivity index (χ2n) is 6.59. The van der Waals surface area contributed by atoms with E-state index in [9.17, 15) is 9.59 Å². The summed E-state index contributed by atoms with van der Waals surface area (Å²) in [5.74, 6) is -0.197. The van der Waals surface area contributed by atoms with Gasteiger partial charge in [-0.2, -0.15) is 0 Å². The van der Waals surface area contributed by atoms with Crippen molar-refractivity contribution in [2.24, 2.45) is 5.92 Å². The largest absolute Gasteiger partial charge is 0.444 e. The lowest BCUT2D eigenvalue weighted by Crippen LogP contribution is -2.41. The molecule has 0 bridgehead atoms. The predicted molar refractivity (Wildman–Crippen MR) is 78.9 cm³/mol. The normalized spacial score (nSPS) is 24.1. The van der Waals surface area contributed by atoms with Gasteiger partial charge in [-0.25, -0.2) is 4.79 Å². The number of nitrogens with zero attached hydrogens (tertiary/aromatic N) is 1. The Morgan fingerprint density at radius 2 is 2.05 bits per heavy atom. The van der Waals surface area contributed by atoms with Gasteiger partial charge in [0.1, 0.15) is 5.60 Å². The molecule has 5 nitrogen and oxygen atoms in total. The summed E-state index contributed by atoms with van der Waals surface area (Å²) in [6.07, 6.45) is 0.323. The molecule has 1 aromatic rings. The SMILES string of the molecule is CC(C)(C)OC(=O)N1CCC2C(=O)Nc3ccccc3C21. The monoisotopic (exact) mass is 288 g/mol. The first-order valence-electron chi connectivity index (χ1n) is 7.26. The Bertz CT molecular complexity index is 591. The number of ether oxygens (including phenoxy) is 1. The summed E-state index contributed by atoms with van der Waals surface area (Å²) in [4.78, 5) is 26.3. The van der Waals surface area contributed by atoms with Crippen LogP contribution in [0.25, 0.3) is 0 Å². The maximum atomic E-state index is 12.4. The van der Waals surface area contributed by atoms with Gasteiger partial charge in [-0.15, -0.1) is 0 Å². The Morgan fingerprint density at radius 3 is 2.76 bits per heavy atom. The molecule has 112 valence electrons. The van der Waals surface area contributed by atoms with Gasteiger partial charge in [0, 0.05) is 12.2 Å². The summed E-state index contributed by atoms with van der Waals surface area (Å²) in [6.45, 7) is 6.09. The van der Waals surface area contributed by atoms with Crippen LogP contribution in [-0.2, 0) is 9.53 Å². The van der Waals surface area contributed by atoms with Gasteiger partial charge >= 0.3 is 6.09 Å². The van der Waals surface area contributed by atoms with Gasteiger partial charge in [-0.1, -0.05) is 18.2 Å². The van der Waals surface area contributed by atoms with Crippen molar-refractivity contribution in [3.8, 4) is 0 Å². The number of nitrogens with one attached hydrogen (secondary N) is 1. The van der Waals surface area contributed by atoms with Crippen molar-refractivity contribution in [2.45, 2.75) is 38.8 Å². The van der Waals surface area contributed by atoms with Gasteiger partial charge in [0.2, 0.25) is 5.91 Å². The number of rotatable bonds is 0. The molecule has 0 aliphatic carbocycles. The highest BCUT2D eigenvalue weighted by molar-refractivity contribution is 5.97. The molecule has 1 fully saturated rings. The zero-order valence-corrected chi connectivity index (χ0v) is 12.6. The summed E-state index contributed by atoms with van der Waals surface area (Å²) in [5.41, 5.74) is 1.25. The third-order valence-electron chi connectivity index (χ3n) is 3.90. The van der Waals surface area contributed by atoms with Gasteiger partial charge in [-0.05, 0) is 38.8 Å². The fraction of sp³-hybridized carbons (Fsp3) is 0.500. The Hall–Kier alpha value is -2.04. The molecule has 0 saturated carbocycles. The van der Waals surface area contributed by atoms with Crippen LogP contribution in [0.15, 0.2) is 24.3 Å². The van der Waals surface area contributed by atoms with Crippen molar-refractivity contribution in [3.05, 3.63) is 29.8 Å². The maximum Gasteiger partial charge on any atom is 0.410 e. The third kappa shape index (κ3) is 2.48. The lowest BCUT2D eigenvalue weighted by atomic mass is 9.88. The fourth-order valence-corrected chi connectivity index (χ4v) is 3.07. The molecule has 0 radical (unpaired) electrons. The van der Waals surface area contributed by atoms with Crippen molar-refractivity contribution in [1.29, 1.82) is 0 Å². The molecule has 2 heterocycles. The van der Waals surface area contributed by atoms with Crippen LogP contribution in [0.1, 0.15) is 38.8 Å². The predicted octanol–water partition coefficient (Wildman–Crippen LogP) is 2.94. The quantitative estimate of drug-likeness (QED) is 0.798. The highest BCUT2D eigenvalue weighted by Crippen LogP contribution is 2.44. The van der Waals surface area contributed by atoms with E-state index < -0.39 is 5.60 Å². The Morgan fingerprint density at radius 1 is 1.33 bits per heavy atom. The molecule has 2 unspecified atom stereocenters. The maximum absolute atomic E-state index is 12.4. The van der Waals surface area contributed by atoms with Gasteiger partial charge in [0.15, 0.2) is 0 Å². The van der Waals surface area contributed by atoms with E-state index in [1.165, 1.54) is 0 Å². The molecule has 3 rings (SSSR count). The smallest absolute Gasteiger partial charge is 0.410 e. The number of fused-ring (bicyclic) bond motifs is 3. The van der Waals surface area contributed by atoms with E-state index >= 15 is 0 Å². The first-order chi connectivity index (χ1) is 9.87. The summed E-state index contributed by atoms with van der Waals surface area (Å²) in [5, 5.41) is 2.92. The lowest BCUT2D eigenvalue weighted by Gasteiger charge is -2.34. The molecule has 1 saturated heterocycles. The first-order valence-corrected chi connectivity index (χ1v) is 7.26. The highest BCUT2D eigenvalue weighted by atomic mass is 16.6. The standard InChI is InChI=1S/C16H20N2O3/c1-16(2,3)21-15(20)18-9-8-11-13(18)10-6-4-5-7-12(10)17-14(11)19/h4-7,11,13H,8-9H2,1-3H3,(H,17,19). The molecular weight excluding hydrogens is 268 g/mol. The van der Waals surface area contributed by atoms with Crippen molar-refractivity contribution in [2.75, 3.05) is 11.9 Å². The molecule has 0 spiro atoms. The number of benzene rings is 1. The Kier molecular flexibility index (Phi) is 3.15. The minimum absolute atomic E-state index is 0.00948. The second kappa shape index (κ2) is 4.76. The van der Waals surface area contributed by atoms with Crippen LogP contribution in [-0.4, -0.2) is 29.0 Å². The molecule has 2 amide bonds. The Balaban J connectivity index is 1.93. The lowest BCUT2D eigenvalue weighted by molar-refractivity contribution is -0.121. The van der Waals surface area contributed by atoms with Crippen LogP contribution in [0.5, 0.6) is 0 Å². The average molecular weight is 288 g/mol. The molecule has 2 aliphatic rings. The summed E-state index contributed by atoms with van der Waals surface area (Å²) in [6, 6.07) is 7.43. The summed E-state index contributed by atoms with van der Waals surface area (Å²) in [7, 11) is 0. The van der Waals surface area contributed by atoms with E-state index in [-0.39, 0.29) is 24.0 Å². The number of carbonyl (C=O) groups excluding carboxylic acids is 2. The van der Waals surface area contributed by atoms with Crippen molar-refractivity contribution in [3.63, 3.8) is 0 Å². The average Bonchev–Trinajstić information content (AvgIpc) is 2.82. The summed E-state index contributed by atoms with van der Waals surface area (Å²) < 4.78 is 5.48. The number of hydrogen-bond acceptors (Lipinski definition) is 3. The number of anilines is 1. The Labute approximate surface area is 124 Å². The number of para-hydroxylation sites is 1.